The molecular formula is C14H28N2O. The Morgan fingerprint density at radius 3 is 2.41 bits per heavy atom. The highest BCUT2D eigenvalue weighted by Crippen LogP contribution is 2.26. The van der Waals surface area contributed by atoms with Crippen LogP contribution in [0.25, 0.3) is 0 Å². The normalized spacial score (nSPS) is 19.7. The molecule has 0 aromatic carbocycles. The summed E-state index contributed by atoms with van der Waals surface area (Å²) < 4.78 is 0. The lowest BCUT2D eigenvalue weighted by atomic mass is 9.96. The summed E-state index contributed by atoms with van der Waals surface area (Å²) in [6, 6.07) is 0.276. The number of carbonyl (C=O) groups excluding carboxylic acids is 1. The minimum absolute atomic E-state index is 0.276. The maximum absolute atomic E-state index is 12.1. The number of rotatable bonds is 5. The molecular weight excluding hydrogens is 212 g/mol. The van der Waals surface area contributed by atoms with E-state index in [2.05, 4.69) is 6.92 Å². The van der Waals surface area contributed by atoms with Crippen LogP contribution in [0.3, 0.4) is 0 Å². The van der Waals surface area contributed by atoms with Crippen LogP contribution in [0.15, 0.2) is 0 Å². The van der Waals surface area contributed by atoms with Crippen molar-refractivity contribution in [1.29, 1.82) is 0 Å². The Kier molecular flexibility index (Phi) is 6.56. The zero-order chi connectivity index (χ0) is 12.7. The van der Waals surface area contributed by atoms with Gasteiger partial charge in [-0.05, 0) is 38.6 Å². The molecule has 100 valence electrons. The van der Waals surface area contributed by atoms with Crippen LogP contribution in [0, 0.1) is 5.92 Å². The lowest BCUT2D eigenvalue weighted by Gasteiger charge is -2.26. The number of nitrogens with zero attached hydrogens (tertiary/aromatic N) is 1. The van der Waals surface area contributed by atoms with Crippen molar-refractivity contribution in [3.05, 3.63) is 0 Å². The average molecular weight is 240 g/mol. The van der Waals surface area contributed by atoms with E-state index in [-0.39, 0.29) is 6.04 Å². The summed E-state index contributed by atoms with van der Waals surface area (Å²) in [6.45, 7) is 2.74. The number of nitrogens with two attached hydrogens (primary N) is 1. The second kappa shape index (κ2) is 7.70. The quantitative estimate of drug-likeness (QED) is 0.751. The van der Waals surface area contributed by atoms with Gasteiger partial charge in [0.1, 0.15) is 0 Å². The van der Waals surface area contributed by atoms with Crippen molar-refractivity contribution in [3.8, 4) is 0 Å². The number of carbonyl (C=O) groups is 1. The fourth-order valence-electron chi connectivity index (χ4n) is 2.64. The van der Waals surface area contributed by atoms with Gasteiger partial charge in [0.25, 0.3) is 0 Å². The molecule has 0 aromatic rings. The van der Waals surface area contributed by atoms with Crippen LogP contribution >= 0.6 is 0 Å². The maximum Gasteiger partial charge on any atom is 0.222 e. The third kappa shape index (κ3) is 5.07. The van der Waals surface area contributed by atoms with Gasteiger partial charge in [-0.3, -0.25) is 4.79 Å². The lowest BCUT2D eigenvalue weighted by molar-refractivity contribution is -0.132. The number of hydrogen-bond donors (Lipinski definition) is 1. The van der Waals surface area contributed by atoms with Crippen LogP contribution in [0.1, 0.15) is 58.3 Å². The highest BCUT2D eigenvalue weighted by Gasteiger charge is 2.20. The molecule has 3 nitrogen and oxygen atoms in total. The van der Waals surface area contributed by atoms with E-state index in [1.165, 1.54) is 38.5 Å². The Morgan fingerprint density at radius 2 is 1.88 bits per heavy atom. The average Bonchev–Trinajstić information content (AvgIpc) is 2.57. The third-order valence-electron chi connectivity index (χ3n) is 4.08. The molecule has 1 unspecified atom stereocenters. The van der Waals surface area contributed by atoms with Crippen molar-refractivity contribution in [2.45, 2.75) is 64.3 Å². The molecule has 0 heterocycles. The number of amides is 1. The van der Waals surface area contributed by atoms with Gasteiger partial charge in [0.05, 0.1) is 0 Å². The van der Waals surface area contributed by atoms with Crippen molar-refractivity contribution in [2.75, 3.05) is 13.6 Å². The Labute approximate surface area is 106 Å². The summed E-state index contributed by atoms with van der Waals surface area (Å²) in [5.74, 6) is 0.926. The van der Waals surface area contributed by atoms with E-state index in [0.29, 0.717) is 18.4 Å². The third-order valence-corrected chi connectivity index (χ3v) is 4.08. The Morgan fingerprint density at radius 1 is 1.29 bits per heavy atom. The van der Waals surface area contributed by atoms with Gasteiger partial charge in [-0.25, -0.2) is 0 Å². The summed E-state index contributed by atoms with van der Waals surface area (Å²) >= 11 is 0. The van der Waals surface area contributed by atoms with Crippen molar-refractivity contribution < 1.29 is 4.79 Å². The van der Waals surface area contributed by atoms with Crippen molar-refractivity contribution >= 4 is 5.91 Å². The molecule has 1 saturated carbocycles. The molecule has 0 spiro atoms. The van der Waals surface area contributed by atoms with Crippen molar-refractivity contribution in [2.24, 2.45) is 11.7 Å². The van der Waals surface area contributed by atoms with E-state index in [9.17, 15) is 4.79 Å². The second-order valence-corrected chi connectivity index (χ2v) is 5.49. The standard InChI is InChI=1S/C14H28N2O/c1-12(9-10-15)16(2)14(17)11-13-7-5-3-4-6-8-13/h12-13H,3-11,15H2,1-2H3. The van der Waals surface area contributed by atoms with E-state index < -0.39 is 0 Å². The van der Waals surface area contributed by atoms with Gasteiger partial charge in [-0.15, -0.1) is 0 Å². The van der Waals surface area contributed by atoms with E-state index >= 15 is 0 Å². The monoisotopic (exact) mass is 240 g/mol. The summed E-state index contributed by atoms with van der Waals surface area (Å²) in [5.41, 5.74) is 5.53. The molecule has 1 fully saturated rings. The van der Waals surface area contributed by atoms with E-state index in [4.69, 9.17) is 5.73 Å². The molecule has 0 aliphatic heterocycles. The van der Waals surface area contributed by atoms with Crippen molar-refractivity contribution in [1.82, 2.24) is 4.90 Å². The van der Waals surface area contributed by atoms with Gasteiger partial charge < -0.3 is 10.6 Å². The smallest absolute Gasteiger partial charge is 0.222 e. The fourth-order valence-corrected chi connectivity index (χ4v) is 2.64. The van der Waals surface area contributed by atoms with Gasteiger partial charge in [0, 0.05) is 19.5 Å². The highest BCUT2D eigenvalue weighted by atomic mass is 16.2. The van der Waals surface area contributed by atoms with Crippen LogP contribution in [0.4, 0.5) is 0 Å². The zero-order valence-corrected chi connectivity index (χ0v) is 11.5. The van der Waals surface area contributed by atoms with Crippen LogP contribution in [0.5, 0.6) is 0 Å². The van der Waals surface area contributed by atoms with E-state index in [1.807, 2.05) is 11.9 Å². The van der Waals surface area contributed by atoms with Gasteiger partial charge in [-0.2, -0.15) is 0 Å². The van der Waals surface area contributed by atoms with Gasteiger partial charge in [0.15, 0.2) is 0 Å². The summed E-state index contributed by atoms with van der Waals surface area (Å²) in [7, 11) is 1.92. The Balaban J connectivity index is 2.35. The molecule has 0 radical (unpaired) electrons. The predicted octanol–water partition coefficient (Wildman–Crippen LogP) is 2.54. The molecule has 17 heavy (non-hydrogen) atoms. The summed E-state index contributed by atoms with van der Waals surface area (Å²) in [5, 5.41) is 0. The fraction of sp³-hybridized carbons (Fsp3) is 0.929. The topological polar surface area (TPSA) is 46.3 Å². The largest absolute Gasteiger partial charge is 0.343 e. The molecule has 1 aliphatic carbocycles. The molecule has 0 bridgehead atoms. The predicted molar refractivity (Wildman–Crippen MR) is 71.7 cm³/mol. The van der Waals surface area contributed by atoms with Crippen LogP contribution in [-0.2, 0) is 4.79 Å². The first-order valence-electron chi connectivity index (χ1n) is 7.11. The maximum atomic E-state index is 12.1. The Bertz CT molecular complexity index is 222. The first-order valence-corrected chi connectivity index (χ1v) is 7.11. The number of hydrogen-bond acceptors (Lipinski definition) is 2. The van der Waals surface area contributed by atoms with E-state index in [1.54, 1.807) is 0 Å². The van der Waals surface area contributed by atoms with Crippen LogP contribution < -0.4 is 5.73 Å². The second-order valence-electron chi connectivity index (χ2n) is 5.49. The molecule has 3 heteroatoms. The van der Waals surface area contributed by atoms with E-state index in [0.717, 1.165) is 12.8 Å². The Hall–Kier alpha value is -0.570. The highest BCUT2D eigenvalue weighted by molar-refractivity contribution is 5.76. The molecule has 1 atom stereocenters. The molecule has 1 rings (SSSR count). The van der Waals surface area contributed by atoms with Crippen molar-refractivity contribution in [3.63, 3.8) is 0 Å². The molecule has 2 N–H and O–H groups in total. The first kappa shape index (κ1) is 14.5. The van der Waals surface area contributed by atoms with Gasteiger partial charge in [-0.1, -0.05) is 25.7 Å². The molecule has 1 aliphatic rings. The van der Waals surface area contributed by atoms with Crippen LogP contribution in [0.2, 0.25) is 0 Å². The SMILES string of the molecule is CC(CCN)N(C)C(=O)CC1CCCCCC1. The summed E-state index contributed by atoms with van der Waals surface area (Å²) in [4.78, 5) is 14.0. The summed E-state index contributed by atoms with van der Waals surface area (Å²) in [6.07, 6.45) is 9.43. The lowest BCUT2D eigenvalue weighted by Crippen LogP contribution is -2.37. The minimum atomic E-state index is 0.276. The van der Waals surface area contributed by atoms with Gasteiger partial charge in [0.2, 0.25) is 5.91 Å². The van der Waals surface area contributed by atoms with Gasteiger partial charge >= 0.3 is 0 Å². The zero-order valence-electron chi connectivity index (χ0n) is 11.5. The molecule has 1 amide bonds. The molecule has 0 saturated heterocycles. The van der Waals surface area contributed by atoms with Crippen LogP contribution in [-0.4, -0.2) is 30.4 Å². The minimum Gasteiger partial charge on any atom is -0.343 e. The first-order chi connectivity index (χ1) is 8.15. The molecule has 0 aromatic heterocycles.